The average Bonchev–Trinajstić information content (AvgIpc) is 2.70. The Kier molecular flexibility index (Phi) is 15.0. The maximum absolute atomic E-state index is 13.3. The molecule has 0 aliphatic carbocycles. The molecule has 2 unspecified atom stereocenters. The van der Waals surface area contributed by atoms with Crippen LogP contribution >= 0.6 is 0 Å². The molecule has 0 N–H and O–H groups in total. The van der Waals surface area contributed by atoms with Crippen molar-refractivity contribution in [1.29, 1.82) is 0 Å². The Morgan fingerprint density at radius 3 is 1.00 bits per heavy atom. The minimum Gasteiger partial charge on any atom is -0.268 e. The van der Waals surface area contributed by atoms with Crippen molar-refractivity contribution in [2.24, 2.45) is 0 Å². The van der Waals surface area contributed by atoms with Crippen LogP contribution in [0.25, 0.3) is 0 Å². The molecule has 0 aliphatic heterocycles. The first-order valence-corrected chi connectivity index (χ1v) is 17.7. The zero-order valence-electron chi connectivity index (χ0n) is 19.6. The Morgan fingerprint density at radius 1 is 0.500 bits per heavy atom. The van der Waals surface area contributed by atoms with Crippen LogP contribution in [0, 0.1) is 0 Å². The second-order valence-corrected chi connectivity index (χ2v) is 17.0. The van der Waals surface area contributed by atoms with E-state index in [2.05, 4.69) is 16.7 Å². The Balaban J connectivity index is 6.78. The van der Waals surface area contributed by atoms with Crippen LogP contribution in [0.3, 0.4) is 0 Å². The molecular weight excluding hydrogens is 560 g/mol. The van der Waals surface area contributed by atoms with Crippen molar-refractivity contribution in [3.8, 4) is 0 Å². The predicted octanol–water partition coefficient (Wildman–Crippen LogP) is 1.11. The zero-order valence-corrected chi connectivity index (χ0v) is 23.7. The van der Waals surface area contributed by atoms with Gasteiger partial charge in [-0.05, 0) is 25.7 Å². The summed E-state index contributed by atoms with van der Waals surface area (Å²) in [5.41, 5.74) is 0. The van der Waals surface area contributed by atoms with Gasteiger partial charge in [-0.2, -0.15) is 33.7 Å². The molecule has 0 saturated carbocycles. The standard InChI is InChI=1S/C16H34O13S5/c1-5-9-13-28-33(22,23)15(31(18,19)26-11-7-3)30(17)16(32(20,21)27-12-8-4)34(24,25)29-14-10-6-2/h15-16H,5-14H2,1-4H3. The van der Waals surface area contributed by atoms with Crippen LogP contribution in [-0.4, -0.2) is 72.1 Å². The highest BCUT2D eigenvalue weighted by Gasteiger charge is 2.56. The van der Waals surface area contributed by atoms with Gasteiger partial charge in [-0.25, -0.2) is 0 Å². The lowest BCUT2D eigenvalue weighted by Gasteiger charge is -2.22. The van der Waals surface area contributed by atoms with Crippen LogP contribution in [0.5, 0.6) is 0 Å². The quantitative estimate of drug-likeness (QED) is 0.144. The van der Waals surface area contributed by atoms with Crippen LogP contribution in [0.1, 0.15) is 66.2 Å². The third kappa shape index (κ3) is 10.4. The van der Waals surface area contributed by atoms with Crippen LogP contribution in [0.2, 0.25) is 0 Å². The third-order valence-electron chi connectivity index (χ3n) is 3.72. The van der Waals surface area contributed by atoms with Gasteiger partial charge < -0.3 is 0 Å². The summed E-state index contributed by atoms with van der Waals surface area (Å²) in [7, 11) is -25.1. The van der Waals surface area contributed by atoms with E-state index < -0.39 is 85.5 Å². The molecule has 0 radical (unpaired) electrons. The first kappa shape index (κ1) is 33.8. The monoisotopic (exact) mass is 594 g/mol. The van der Waals surface area contributed by atoms with Gasteiger partial charge >= 0.3 is 0 Å². The van der Waals surface area contributed by atoms with Crippen molar-refractivity contribution in [2.45, 2.75) is 74.0 Å². The Morgan fingerprint density at radius 2 is 0.765 bits per heavy atom. The van der Waals surface area contributed by atoms with Crippen molar-refractivity contribution < 1.29 is 54.6 Å². The molecule has 0 fully saturated rings. The van der Waals surface area contributed by atoms with Crippen molar-refractivity contribution in [1.82, 2.24) is 0 Å². The minimum absolute atomic E-state index is 0.0924. The van der Waals surface area contributed by atoms with E-state index in [9.17, 15) is 37.9 Å². The Hall–Kier alpha value is -0.210. The first-order valence-electron chi connectivity index (χ1n) is 10.6. The molecule has 13 nitrogen and oxygen atoms in total. The van der Waals surface area contributed by atoms with E-state index in [-0.39, 0.29) is 25.7 Å². The molecule has 0 rings (SSSR count). The summed E-state index contributed by atoms with van der Waals surface area (Å²) in [6.45, 7) is 4.24. The van der Waals surface area contributed by atoms with E-state index in [1.807, 2.05) is 0 Å². The molecule has 0 aromatic carbocycles. The highest BCUT2D eigenvalue weighted by molar-refractivity contribution is 8.28. The summed E-state index contributed by atoms with van der Waals surface area (Å²) >= 11 is 0. The molecule has 0 aromatic rings. The molecule has 2 atom stereocenters. The summed E-state index contributed by atoms with van der Waals surface area (Å²) in [5.74, 6) is 0. The molecule has 0 spiro atoms. The molecule has 0 saturated heterocycles. The van der Waals surface area contributed by atoms with Gasteiger partial charge in [-0.1, -0.05) is 40.5 Å². The Labute approximate surface area is 205 Å². The molecule has 0 bridgehead atoms. The van der Waals surface area contributed by atoms with Crippen molar-refractivity contribution in [3.63, 3.8) is 0 Å². The van der Waals surface area contributed by atoms with E-state index in [0.717, 1.165) is 0 Å². The average molecular weight is 595 g/mol. The van der Waals surface area contributed by atoms with Gasteiger partial charge in [0.2, 0.25) is 0 Å². The normalized spacial score (nSPS) is 16.2. The summed E-state index contributed by atoms with van der Waals surface area (Å²) < 4.78 is 127. The lowest BCUT2D eigenvalue weighted by Crippen LogP contribution is -2.47. The van der Waals surface area contributed by atoms with Gasteiger partial charge in [0.15, 0.2) is 0 Å². The molecule has 206 valence electrons. The van der Waals surface area contributed by atoms with Gasteiger partial charge in [-0.3, -0.25) is 20.9 Å². The molecule has 0 heterocycles. The SMILES string of the molecule is CCCCOS(=O)(=O)C(S(=O)C(S(=O)(=O)OCCC)S(=O)(=O)OCCCC)S(=O)(=O)OCCC. The zero-order chi connectivity index (χ0) is 26.6. The van der Waals surface area contributed by atoms with Gasteiger partial charge in [0, 0.05) is 0 Å². The van der Waals surface area contributed by atoms with E-state index >= 15 is 0 Å². The number of hydrogen-bond donors (Lipinski definition) is 0. The fraction of sp³-hybridized carbons (Fsp3) is 1.00. The van der Waals surface area contributed by atoms with Gasteiger partial charge in [0.1, 0.15) is 0 Å². The summed E-state index contributed by atoms with van der Waals surface area (Å²) in [6, 6.07) is 0. The van der Waals surface area contributed by atoms with E-state index in [0.29, 0.717) is 12.8 Å². The number of rotatable bonds is 20. The molecule has 0 amide bonds. The first-order chi connectivity index (χ1) is 15.6. The van der Waals surface area contributed by atoms with E-state index in [4.69, 9.17) is 0 Å². The minimum atomic E-state index is -5.35. The topological polar surface area (TPSA) is 191 Å². The lowest BCUT2D eigenvalue weighted by molar-refractivity contribution is 0.303. The molecule has 0 aliphatic rings. The van der Waals surface area contributed by atoms with Crippen LogP contribution in [0.15, 0.2) is 0 Å². The van der Waals surface area contributed by atoms with Crippen molar-refractivity contribution in [3.05, 3.63) is 0 Å². The maximum atomic E-state index is 13.3. The molecule has 0 aromatic heterocycles. The number of hydrogen-bond acceptors (Lipinski definition) is 13. The highest BCUT2D eigenvalue weighted by Crippen LogP contribution is 2.28. The smallest absolute Gasteiger partial charge is 0.268 e. The lowest BCUT2D eigenvalue weighted by atomic mass is 10.4. The van der Waals surface area contributed by atoms with Gasteiger partial charge in [-0.15, -0.1) is 0 Å². The number of unbranched alkanes of at least 4 members (excludes halogenated alkanes) is 2. The fourth-order valence-electron chi connectivity index (χ4n) is 2.10. The highest BCUT2D eigenvalue weighted by atomic mass is 32.4. The van der Waals surface area contributed by atoms with Crippen LogP contribution in [-0.2, 0) is 68.0 Å². The molecular formula is C16H34O13S5. The molecule has 18 heteroatoms. The van der Waals surface area contributed by atoms with E-state index in [1.54, 1.807) is 13.8 Å². The van der Waals surface area contributed by atoms with Crippen molar-refractivity contribution in [2.75, 3.05) is 26.4 Å². The summed E-state index contributed by atoms with van der Waals surface area (Å²) in [5, 5.41) is 0. The third-order valence-corrected chi connectivity index (χ3v) is 16.3. The predicted molar refractivity (Wildman–Crippen MR) is 126 cm³/mol. The van der Waals surface area contributed by atoms with E-state index in [1.165, 1.54) is 13.8 Å². The maximum Gasteiger partial charge on any atom is 0.299 e. The summed E-state index contributed by atoms with van der Waals surface area (Å²) in [6.07, 6.45) is 1.40. The van der Waals surface area contributed by atoms with Crippen LogP contribution in [0.4, 0.5) is 0 Å². The van der Waals surface area contributed by atoms with Gasteiger partial charge in [0.05, 0.1) is 37.2 Å². The largest absolute Gasteiger partial charge is 0.299 e. The van der Waals surface area contributed by atoms with Crippen molar-refractivity contribution >= 4 is 51.3 Å². The fourth-order valence-corrected chi connectivity index (χ4v) is 13.8. The second-order valence-electron chi connectivity index (χ2n) is 6.87. The van der Waals surface area contributed by atoms with Crippen LogP contribution < -0.4 is 0 Å². The summed E-state index contributed by atoms with van der Waals surface area (Å²) in [4.78, 5) is 0. The van der Waals surface area contributed by atoms with Gasteiger partial charge in [0.25, 0.3) is 48.3 Å². The second kappa shape index (κ2) is 15.1. The molecule has 34 heavy (non-hydrogen) atoms. The Bertz CT molecular complexity index is 963.